The molecule has 36 heavy (non-hydrogen) atoms. The highest BCUT2D eigenvalue weighted by Gasteiger charge is 2.24. The van der Waals surface area contributed by atoms with Crippen molar-refractivity contribution in [2.24, 2.45) is 0 Å². The van der Waals surface area contributed by atoms with Crippen molar-refractivity contribution in [2.45, 2.75) is 38.5 Å². The summed E-state index contributed by atoms with van der Waals surface area (Å²) >= 11 is 1.71. The van der Waals surface area contributed by atoms with Gasteiger partial charge in [-0.15, -0.1) is 11.3 Å². The van der Waals surface area contributed by atoms with Crippen molar-refractivity contribution >= 4 is 37.3 Å². The van der Waals surface area contributed by atoms with Crippen LogP contribution in [0.2, 0.25) is 0 Å². The van der Waals surface area contributed by atoms with Gasteiger partial charge in [0.25, 0.3) is 0 Å². The Morgan fingerprint density at radius 2 is 1.86 bits per heavy atom. The van der Waals surface area contributed by atoms with E-state index in [-0.39, 0.29) is 5.75 Å². The number of nitrogens with zero attached hydrogens (tertiary/aromatic N) is 5. The highest BCUT2D eigenvalue weighted by atomic mass is 32.2. The largest absolute Gasteiger partial charge is 0.481 e. The molecule has 0 radical (unpaired) electrons. The second kappa shape index (κ2) is 10.6. The molecule has 0 atom stereocenters. The summed E-state index contributed by atoms with van der Waals surface area (Å²) in [6, 6.07) is 1.86. The van der Waals surface area contributed by atoms with Crippen LogP contribution >= 0.6 is 11.3 Å². The van der Waals surface area contributed by atoms with Gasteiger partial charge in [-0.3, -0.25) is 4.90 Å². The summed E-state index contributed by atoms with van der Waals surface area (Å²) in [5.74, 6) is 0.937. The average Bonchev–Trinajstić information content (AvgIpc) is 3.18. The van der Waals surface area contributed by atoms with Crippen LogP contribution in [-0.4, -0.2) is 80.9 Å². The first kappa shape index (κ1) is 25.3. The van der Waals surface area contributed by atoms with Crippen LogP contribution in [0.15, 0.2) is 12.3 Å². The lowest BCUT2D eigenvalue weighted by atomic mass is 10.1. The maximum Gasteiger partial charge on any atom is 0.226 e. The van der Waals surface area contributed by atoms with Crippen molar-refractivity contribution in [1.82, 2.24) is 25.2 Å². The summed E-state index contributed by atoms with van der Waals surface area (Å²) in [7, 11) is -1.75. The molecule has 11 heteroatoms. The van der Waals surface area contributed by atoms with E-state index in [2.05, 4.69) is 27.0 Å². The monoisotopic (exact) mass is 530 g/mol. The van der Waals surface area contributed by atoms with E-state index in [1.54, 1.807) is 17.5 Å². The van der Waals surface area contributed by atoms with Gasteiger partial charge in [0.15, 0.2) is 9.84 Å². The molecule has 0 unspecified atom stereocenters. The Balaban J connectivity index is 1.65. The van der Waals surface area contributed by atoms with Crippen LogP contribution in [0, 0.1) is 6.92 Å². The zero-order valence-electron chi connectivity index (χ0n) is 21.2. The van der Waals surface area contributed by atoms with E-state index >= 15 is 0 Å². The van der Waals surface area contributed by atoms with Crippen molar-refractivity contribution < 1.29 is 13.2 Å². The van der Waals surface area contributed by atoms with Crippen molar-refractivity contribution in [2.75, 3.05) is 57.5 Å². The van der Waals surface area contributed by atoms with Crippen molar-refractivity contribution in [3.8, 4) is 17.1 Å². The molecule has 2 fully saturated rings. The molecular formula is C25H34N6O3S2. The fourth-order valence-electron chi connectivity index (χ4n) is 5.03. The van der Waals surface area contributed by atoms with Crippen molar-refractivity contribution in [3.05, 3.63) is 28.3 Å². The predicted octanol–water partition coefficient (Wildman–Crippen LogP) is 3.01. The zero-order chi connectivity index (χ0) is 25.3. The standard InChI is InChI=1S/C25H34N6O3S2/c1-17-20(15-30-11-7-26-8-12-30)22-23(35-17)21(28-25(29-22)31-9-5-4-6-10-31)18-13-19(16-36(3,32)33)24(34-2)27-14-18/h13-14,26H,4-12,15-16H2,1-3H3. The molecular weight excluding hydrogens is 496 g/mol. The molecule has 3 aromatic rings. The SMILES string of the molecule is COc1ncc(-c2nc(N3CCCCC3)nc3c(CN4CCNCC4)c(C)sc23)cc1CS(C)(=O)=O. The number of rotatable bonds is 7. The predicted molar refractivity (Wildman–Crippen MR) is 145 cm³/mol. The van der Waals surface area contributed by atoms with Gasteiger partial charge in [0.05, 0.1) is 28.8 Å². The number of aryl methyl sites for hydroxylation is 1. The molecule has 0 saturated carbocycles. The fraction of sp³-hybridized carbons (Fsp3) is 0.560. The summed E-state index contributed by atoms with van der Waals surface area (Å²) in [6.45, 7) is 8.96. The van der Waals surface area contributed by atoms with Crippen LogP contribution in [0.4, 0.5) is 5.95 Å². The molecule has 194 valence electrons. The van der Waals surface area contributed by atoms with Gasteiger partial charge < -0.3 is 15.0 Å². The van der Waals surface area contributed by atoms with Gasteiger partial charge in [-0.25, -0.2) is 23.4 Å². The quantitative estimate of drug-likeness (QED) is 0.494. The molecule has 9 nitrogen and oxygen atoms in total. The normalized spacial score (nSPS) is 17.6. The molecule has 3 aromatic heterocycles. The highest BCUT2D eigenvalue weighted by molar-refractivity contribution is 7.89. The molecule has 5 heterocycles. The minimum absolute atomic E-state index is 0.137. The van der Waals surface area contributed by atoms with E-state index in [0.29, 0.717) is 11.4 Å². The Morgan fingerprint density at radius 3 is 2.56 bits per heavy atom. The number of sulfone groups is 1. The first-order valence-corrected chi connectivity index (χ1v) is 15.4. The van der Waals surface area contributed by atoms with Crippen molar-refractivity contribution in [1.29, 1.82) is 0 Å². The molecule has 2 aliphatic heterocycles. The van der Waals surface area contributed by atoms with E-state index in [0.717, 1.165) is 86.1 Å². The number of nitrogens with one attached hydrogen (secondary N) is 1. The fourth-order valence-corrected chi connectivity index (χ4v) is 6.92. The maximum absolute atomic E-state index is 12.1. The zero-order valence-corrected chi connectivity index (χ0v) is 22.8. The van der Waals surface area contributed by atoms with Crippen LogP contribution in [0.5, 0.6) is 5.88 Å². The van der Waals surface area contributed by atoms with Crippen LogP contribution in [-0.2, 0) is 22.1 Å². The first-order chi connectivity index (χ1) is 17.3. The highest BCUT2D eigenvalue weighted by Crippen LogP contribution is 2.39. The van der Waals surface area contributed by atoms with Gasteiger partial charge in [-0.05, 0) is 32.3 Å². The number of ether oxygens (including phenoxy) is 1. The summed E-state index contributed by atoms with van der Waals surface area (Å²) in [4.78, 5) is 20.6. The maximum atomic E-state index is 12.1. The number of thiophene rings is 1. The lowest BCUT2D eigenvalue weighted by molar-refractivity contribution is 0.234. The number of hydrogen-bond acceptors (Lipinski definition) is 10. The van der Waals surface area contributed by atoms with Gasteiger partial charge in [-0.2, -0.15) is 0 Å². The number of anilines is 1. The molecule has 2 aliphatic rings. The smallest absolute Gasteiger partial charge is 0.226 e. The number of methoxy groups -OCH3 is 1. The third-order valence-electron chi connectivity index (χ3n) is 6.86. The summed E-state index contributed by atoms with van der Waals surface area (Å²) in [6.07, 6.45) is 6.46. The number of piperazine rings is 1. The third-order valence-corrected chi connectivity index (χ3v) is 8.84. The molecule has 2 saturated heterocycles. The van der Waals surface area contributed by atoms with Crippen LogP contribution in [0.25, 0.3) is 21.5 Å². The third kappa shape index (κ3) is 5.49. The van der Waals surface area contributed by atoms with Gasteiger partial charge >= 0.3 is 0 Å². The molecule has 5 rings (SSSR count). The summed E-state index contributed by atoms with van der Waals surface area (Å²) in [5, 5.41) is 3.43. The number of pyridine rings is 1. The minimum atomic E-state index is -3.26. The molecule has 0 bridgehead atoms. The van der Waals surface area contributed by atoms with Gasteiger partial charge in [0.1, 0.15) is 0 Å². The lowest BCUT2D eigenvalue weighted by Gasteiger charge is -2.28. The first-order valence-electron chi connectivity index (χ1n) is 12.5. The van der Waals surface area contributed by atoms with Crippen LogP contribution in [0.1, 0.15) is 35.3 Å². The van der Waals surface area contributed by atoms with E-state index in [1.807, 2.05) is 6.07 Å². The molecule has 0 amide bonds. The number of fused-ring (bicyclic) bond motifs is 1. The van der Waals surface area contributed by atoms with E-state index in [4.69, 9.17) is 14.7 Å². The number of piperidine rings is 1. The Labute approximate surface area is 216 Å². The second-order valence-electron chi connectivity index (χ2n) is 9.72. The second-order valence-corrected chi connectivity index (χ2v) is 13.1. The summed E-state index contributed by atoms with van der Waals surface area (Å²) in [5.41, 5.74) is 4.40. The van der Waals surface area contributed by atoms with Gasteiger partial charge in [0.2, 0.25) is 11.8 Å². The van der Waals surface area contributed by atoms with Gasteiger partial charge in [0, 0.05) is 79.8 Å². The van der Waals surface area contributed by atoms with E-state index in [9.17, 15) is 8.42 Å². The number of hydrogen-bond donors (Lipinski definition) is 1. The van der Waals surface area contributed by atoms with E-state index in [1.165, 1.54) is 30.2 Å². The molecule has 0 aromatic carbocycles. The molecule has 0 spiro atoms. The topological polar surface area (TPSA) is 101 Å². The average molecular weight is 531 g/mol. The summed E-state index contributed by atoms with van der Waals surface area (Å²) < 4.78 is 30.6. The molecule has 0 aliphatic carbocycles. The Kier molecular flexibility index (Phi) is 7.43. The van der Waals surface area contributed by atoms with Gasteiger partial charge in [-0.1, -0.05) is 0 Å². The Bertz CT molecular complexity index is 1350. The van der Waals surface area contributed by atoms with E-state index < -0.39 is 9.84 Å². The lowest BCUT2D eigenvalue weighted by Crippen LogP contribution is -2.42. The molecule has 1 N–H and O–H groups in total. The van der Waals surface area contributed by atoms with Crippen LogP contribution < -0.4 is 15.0 Å². The van der Waals surface area contributed by atoms with Crippen molar-refractivity contribution in [3.63, 3.8) is 0 Å². The number of aromatic nitrogens is 3. The van der Waals surface area contributed by atoms with Crippen LogP contribution in [0.3, 0.4) is 0 Å². The Hall–Kier alpha value is -2.34. The Morgan fingerprint density at radius 1 is 1.11 bits per heavy atom. The minimum Gasteiger partial charge on any atom is -0.481 e.